The Kier molecular flexibility index (Phi) is 8.28. The summed E-state index contributed by atoms with van der Waals surface area (Å²) in [5.74, 6) is 2.59. The van der Waals surface area contributed by atoms with E-state index in [0.29, 0.717) is 23.4 Å². The molecule has 0 fully saturated rings. The molecule has 0 saturated heterocycles. The zero-order chi connectivity index (χ0) is 28.7. The molecule has 0 N–H and O–H groups in total. The van der Waals surface area contributed by atoms with E-state index in [9.17, 15) is 0 Å². The van der Waals surface area contributed by atoms with Gasteiger partial charge in [0, 0.05) is 16.7 Å². The molecule has 5 aromatic carbocycles. The minimum absolute atomic E-state index is 0.579. The van der Waals surface area contributed by atoms with E-state index in [1.54, 1.807) is 0 Å². The second-order valence-electron chi connectivity index (χ2n) is 10.7. The molecular formula is C39H35N3. The Labute approximate surface area is 249 Å². The first kappa shape index (κ1) is 27.3. The number of hydrogen-bond donors (Lipinski definition) is 0. The van der Waals surface area contributed by atoms with Crippen molar-refractivity contribution in [1.82, 2.24) is 15.0 Å². The molecule has 0 amide bonds. The zero-order valence-electron chi connectivity index (χ0n) is 24.2. The average molecular weight is 546 g/mol. The molecule has 0 spiro atoms. The van der Waals surface area contributed by atoms with Gasteiger partial charge in [0.15, 0.2) is 17.5 Å². The highest BCUT2D eigenvalue weighted by atomic mass is 15.0. The normalized spacial score (nSPS) is 11.8. The van der Waals surface area contributed by atoms with Gasteiger partial charge in [-0.15, -0.1) is 0 Å². The van der Waals surface area contributed by atoms with Gasteiger partial charge in [0.1, 0.15) is 0 Å². The van der Waals surface area contributed by atoms with Crippen molar-refractivity contribution in [3.05, 3.63) is 139 Å². The zero-order valence-corrected chi connectivity index (χ0v) is 24.2. The lowest BCUT2D eigenvalue weighted by Gasteiger charge is -2.15. The van der Waals surface area contributed by atoms with E-state index in [4.69, 9.17) is 15.0 Å². The van der Waals surface area contributed by atoms with E-state index >= 15 is 0 Å². The first-order valence-corrected chi connectivity index (χ1v) is 14.9. The predicted octanol–water partition coefficient (Wildman–Crippen LogP) is 10.5. The molecule has 6 rings (SSSR count). The van der Waals surface area contributed by atoms with Gasteiger partial charge in [0.25, 0.3) is 0 Å². The van der Waals surface area contributed by atoms with Crippen molar-refractivity contribution in [3.63, 3.8) is 0 Å². The smallest absolute Gasteiger partial charge is 0.164 e. The van der Waals surface area contributed by atoms with Crippen molar-refractivity contribution in [2.45, 2.75) is 39.0 Å². The van der Waals surface area contributed by atoms with Crippen LogP contribution in [-0.2, 0) is 0 Å². The maximum Gasteiger partial charge on any atom is 0.164 e. The fourth-order valence-electron chi connectivity index (χ4n) is 5.56. The van der Waals surface area contributed by atoms with Crippen molar-refractivity contribution in [2.75, 3.05) is 0 Å². The van der Waals surface area contributed by atoms with Crippen LogP contribution < -0.4 is 0 Å². The lowest BCUT2D eigenvalue weighted by atomic mass is 9.91. The molecule has 3 heteroatoms. The lowest BCUT2D eigenvalue weighted by molar-refractivity contribution is 0.596. The van der Waals surface area contributed by atoms with Crippen molar-refractivity contribution in [2.24, 2.45) is 0 Å². The predicted molar refractivity (Wildman–Crippen MR) is 175 cm³/mol. The number of nitrogens with zero attached hydrogens (tertiary/aromatic N) is 3. The first-order chi connectivity index (χ1) is 20.7. The number of hydrogen-bond acceptors (Lipinski definition) is 3. The first-order valence-electron chi connectivity index (χ1n) is 14.9. The van der Waals surface area contributed by atoms with Crippen molar-refractivity contribution < 1.29 is 0 Å². The van der Waals surface area contributed by atoms with E-state index < -0.39 is 0 Å². The van der Waals surface area contributed by atoms with Gasteiger partial charge in [-0.25, -0.2) is 15.0 Å². The molecule has 1 heterocycles. The third-order valence-electron chi connectivity index (χ3n) is 7.86. The van der Waals surface area contributed by atoms with E-state index in [0.717, 1.165) is 45.4 Å². The second-order valence-corrected chi connectivity index (χ2v) is 10.7. The summed E-state index contributed by atoms with van der Waals surface area (Å²) < 4.78 is 0. The van der Waals surface area contributed by atoms with Gasteiger partial charge < -0.3 is 0 Å². The molecule has 0 aliphatic carbocycles. The molecule has 1 aromatic heterocycles. The summed E-state index contributed by atoms with van der Waals surface area (Å²) >= 11 is 0. The molecule has 0 radical (unpaired) electrons. The van der Waals surface area contributed by atoms with Crippen LogP contribution in [0.3, 0.4) is 0 Å². The van der Waals surface area contributed by atoms with Gasteiger partial charge in [-0.05, 0) is 58.7 Å². The Morgan fingerprint density at radius 2 is 0.857 bits per heavy atom. The van der Waals surface area contributed by atoms with Crippen molar-refractivity contribution in [1.29, 1.82) is 0 Å². The Bertz CT molecular complexity index is 1660. The molecule has 0 bridgehead atoms. The summed E-state index contributed by atoms with van der Waals surface area (Å²) in [5, 5.41) is 0. The summed E-state index contributed by atoms with van der Waals surface area (Å²) in [4.78, 5) is 15.1. The Morgan fingerprint density at radius 1 is 0.429 bits per heavy atom. The third-order valence-corrected chi connectivity index (χ3v) is 7.86. The fraction of sp³-hybridized carbons (Fsp3) is 0.154. The summed E-state index contributed by atoms with van der Waals surface area (Å²) in [5.41, 5.74) is 8.89. The maximum atomic E-state index is 5.03. The topological polar surface area (TPSA) is 38.7 Å². The SMILES string of the molecule is CCCC(CC)c1ccc(-c2nc(-c3cccc(-c4ccccc4)c3)nc(-c3cccc(-c4ccccc4)c3)n2)cc1. The standard InChI is InChI=1S/C39H35N3/c1-3-13-28(4-2)31-22-24-32(25-23-31)37-40-38(35-20-11-18-33(26-35)29-14-7-5-8-15-29)42-39(41-37)36-21-12-19-34(27-36)30-16-9-6-10-17-30/h5-12,14-28H,3-4,13H2,1-2H3. The summed E-state index contributed by atoms with van der Waals surface area (Å²) in [6.45, 7) is 4.52. The highest BCUT2D eigenvalue weighted by Crippen LogP contribution is 2.31. The molecule has 1 unspecified atom stereocenters. The van der Waals surface area contributed by atoms with E-state index in [2.05, 4.69) is 135 Å². The molecule has 6 aromatic rings. The Morgan fingerprint density at radius 3 is 1.31 bits per heavy atom. The van der Waals surface area contributed by atoms with E-state index in [1.165, 1.54) is 18.4 Å². The van der Waals surface area contributed by atoms with Crippen LogP contribution in [0, 0.1) is 0 Å². The van der Waals surface area contributed by atoms with Crippen LogP contribution in [0.4, 0.5) is 0 Å². The second kappa shape index (κ2) is 12.7. The molecular weight excluding hydrogens is 510 g/mol. The van der Waals surface area contributed by atoms with Crippen molar-refractivity contribution >= 4 is 0 Å². The van der Waals surface area contributed by atoms with Crippen LogP contribution in [0.2, 0.25) is 0 Å². The van der Waals surface area contributed by atoms with Crippen LogP contribution in [0.5, 0.6) is 0 Å². The van der Waals surface area contributed by atoms with Gasteiger partial charge in [-0.1, -0.05) is 142 Å². The summed E-state index contributed by atoms with van der Waals surface area (Å²) in [6.07, 6.45) is 3.53. The quantitative estimate of drug-likeness (QED) is 0.181. The maximum absolute atomic E-state index is 5.03. The number of rotatable bonds is 9. The molecule has 0 aliphatic heterocycles. The average Bonchev–Trinajstić information content (AvgIpc) is 3.08. The molecule has 3 nitrogen and oxygen atoms in total. The number of aromatic nitrogens is 3. The van der Waals surface area contributed by atoms with E-state index in [1.807, 2.05) is 12.1 Å². The minimum atomic E-state index is 0.579. The largest absolute Gasteiger partial charge is 0.208 e. The van der Waals surface area contributed by atoms with Crippen LogP contribution in [-0.4, -0.2) is 15.0 Å². The van der Waals surface area contributed by atoms with Gasteiger partial charge in [0.2, 0.25) is 0 Å². The van der Waals surface area contributed by atoms with Gasteiger partial charge in [-0.2, -0.15) is 0 Å². The van der Waals surface area contributed by atoms with Crippen LogP contribution in [0.15, 0.2) is 133 Å². The highest BCUT2D eigenvalue weighted by Gasteiger charge is 2.15. The minimum Gasteiger partial charge on any atom is -0.208 e. The molecule has 42 heavy (non-hydrogen) atoms. The van der Waals surface area contributed by atoms with Crippen LogP contribution in [0.1, 0.15) is 44.6 Å². The van der Waals surface area contributed by atoms with Crippen LogP contribution in [0.25, 0.3) is 56.4 Å². The van der Waals surface area contributed by atoms with Gasteiger partial charge in [-0.3, -0.25) is 0 Å². The molecule has 1 atom stereocenters. The Balaban J connectivity index is 1.46. The van der Waals surface area contributed by atoms with Crippen molar-refractivity contribution in [3.8, 4) is 56.4 Å². The third kappa shape index (κ3) is 6.06. The van der Waals surface area contributed by atoms with Gasteiger partial charge in [0.05, 0.1) is 0 Å². The highest BCUT2D eigenvalue weighted by molar-refractivity contribution is 5.74. The fourth-order valence-corrected chi connectivity index (χ4v) is 5.56. The summed E-state index contributed by atoms with van der Waals surface area (Å²) in [7, 11) is 0. The van der Waals surface area contributed by atoms with Crippen LogP contribution >= 0.6 is 0 Å². The molecule has 206 valence electrons. The summed E-state index contributed by atoms with van der Waals surface area (Å²) in [6, 6.07) is 46.6. The van der Waals surface area contributed by atoms with Gasteiger partial charge >= 0.3 is 0 Å². The molecule has 0 aliphatic rings. The monoisotopic (exact) mass is 545 g/mol. The molecule has 0 saturated carbocycles. The van der Waals surface area contributed by atoms with E-state index in [-0.39, 0.29) is 0 Å². The number of benzene rings is 5. The lowest BCUT2D eigenvalue weighted by Crippen LogP contribution is -2.01. The Hall–Kier alpha value is -4.89.